The van der Waals surface area contributed by atoms with E-state index in [-0.39, 0.29) is 17.3 Å². The average molecular weight is 281 g/mol. The van der Waals surface area contributed by atoms with Crippen LogP contribution in [0.5, 0.6) is 0 Å². The van der Waals surface area contributed by atoms with Gasteiger partial charge in [-0.05, 0) is 25.3 Å². The van der Waals surface area contributed by atoms with Gasteiger partial charge >= 0.3 is 0 Å². The Kier molecular flexibility index (Phi) is 3.87. The fourth-order valence-corrected chi connectivity index (χ4v) is 2.61. The molecule has 1 aromatic rings. The van der Waals surface area contributed by atoms with Gasteiger partial charge in [0.1, 0.15) is 11.5 Å². The fourth-order valence-electron chi connectivity index (χ4n) is 2.61. The Balaban J connectivity index is 2.42. The summed E-state index contributed by atoms with van der Waals surface area (Å²) < 4.78 is 13.5. The number of hydrogen-bond acceptors (Lipinski definition) is 4. The molecular formula is C13H16FN3O3. The number of likely N-dealkylation sites (tertiary alicyclic amines) is 1. The van der Waals surface area contributed by atoms with Crippen LogP contribution in [0.2, 0.25) is 0 Å². The zero-order valence-corrected chi connectivity index (χ0v) is 11.1. The lowest BCUT2D eigenvalue weighted by atomic mass is 10.1. The van der Waals surface area contributed by atoms with Crippen LogP contribution in [-0.2, 0) is 0 Å². The van der Waals surface area contributed by atoms with Gasteiger partial charge in [0.2, 0.25) is 0 Å². The molecule has 1 aliphatic rings. The van der Waals surface area contributed by atoms with E-state index in [1.807, 2.05) is 6.92 Å². The van der Waals surface area contributed by atoms with Crippen LogP contribution < -0.4 is 5.73 Å². The third-order valence-corrected chi connectivity index (χ3v) is 3.66. The Hall–Kier alpha value is -2.18. The Morgan fingerprint density at radius 1 is 1.60 bits per heavy atom. The quantitative estimate of drug-likeness (QED) is 0.523. The van der Waals surface area contributed by atoms with Crippen LogP contribution in [0.25, 0.3) is 0 Å². The molecule has 1 aliphatic heterocycles. The molecule has 2 N–H and O–H groups in total. The number of carbonyl (C=O) groups is 1. The standard InChI is InChI=1S/C13H16FN3O3/c1-2-9-4-3-5-16(9)13(18)10-6-8(14)7-11(12(10)15)17(19)20/h6-7,9H,2-5,15H2,1H3. The summed E-state index contributed by atoms with van der Waals surface area (Å²) in [5.74, 6) is -1.27. The smallest absolute Gasteiger partial charge is 0.295 e. The van der Waals surface area contributed by atoms with Crippen molar-refractivity contribution >= 4 is 17.3 Å². The van der Waals surface area contributed by atoms with E-state index in [1.54, 1.807) is 4.90 Å². The van der Waals surface area contributed by atoms with Crippen molar-refractivity contribution in [2.24, 2.45) is 0 Å². The van der Waals surface area contributed by atoms with Crippen molar-refractivity contribution in [1.29, 1.82) is 0 Å². The molecule has 1 unspecified atom stereocenters. The summed E-state index contributed by atoms with van der Waals surface area (Å²) in [5, 5.41) is 10.8. The summed E-state index contributed by atoms with van der Waals surface area (Å²) in [6, 6.07) is 1.78. The van der Waals surface area contributed by atoms with E-state index in [1.165, 1.54) is 0 Å². The molecule has 0 bridgehead atoms. The summed E-state index contributed by atoms with van der Waals surface area (Å²) in [7, 11) is 0. The molecule has 108 valence electrons. The van der Waals surface area contributed by atoms with Crippen molar-refractivity contribution in [2.75, 3.05) is 12.3 Å². The molecule has 20 heavy (non-hydrogen) atoms. The lowest BCUT2D eigenvalue weighted by Gasteiger charge is -2.24. The van der Waals surface area contributed by atoms with Gasteiger partial charge in [-0.2, -0.15) is 0 Å². The minimum absolute atomic E-state index is 0.0872. The van der Waals surface area contributed by atoms with Crippen LogP contribution in [0, 0.1) is 15.9 Å². The first-order valence-electron chi connectivity index (χ1n) is 6.50. The third-order valence-electron chi connectivity index (χ3n) is 3.66. The topological polar surface area (TPSA) is 89.5 Å². The minimum atomic E-state index is -0.832. The molecule has 1 atom stereocenters. The number of nitrogens with zero attached hydrogens (tertiary/aromatic N) is 2. The summed E-state index contributed by atoms with van der Waals surface area (Å²) in [4.78, 5) is 24.1. The molecule has 0 saturated carbocycles. The maximum absolute atomic E-state index is 13.5. The van der Waals surface area contributed by atoms with E-state index in [0.717, 1.165) is 31.4 Å². The van der Waals surface area contributed by atoms with Crippen LogP contribution >= 0.6 is 0 Å². The van der Waals surface area contributed by atoms with Crippen molar-refractivity contribution in [3.63, 3.8) is 0 Å². The number of amides is 1. The van der Waals surface area contributed by atoms with E-state index in [9.17, 15) is 19.3 Å². The van der Waals surface area contributed by atoms with E-state index in [0.29, 0.717) is 6.54 Å². The molecule has 0 radical (unpaired) electrons. The highest BCUT2D eigenvalue weighted by Gasteiger charge is 2.31. The molecule has 7 heteroatoms. The summed E-state index contributed by atoms with van der Waals surface area (Å²) in [6.07, 6.45) is 2.56. The van der Waals surface area contributed by atoms with Gasteiger partial charge < -0.3 is 10.6 Å². The second kappa shape index (κ2) is 5.44. The molecule has 1 heterocycles. The summed E-state index contributed by atoms with van der Waals surface area (Å²) in [5.41, 5.74) is 4.68. The van der Waals surface area contributed by atoms with Crippen LogP contribution in [-0.4, -0.2) is 28.3 Å². The first-order chi connectivity index (χ1) is 9.45. The first-order valence-corrected chi connectivity index (χ1v) is 6.50. The number of benzene rings is 1. The SMILES string of the molecule is CCC1CCCN1C(=O)c1cc(F)cc([N+](=O)[O-])c1N. The maximum Gasteiger partial charge on any atom is 0.295 e. The zero-order valence-electron chi connectivity index (χ0n) is 11.1. The minimum Gasteiger partial charge on any atom is -0.393 e. The predicted molar refractivity (Wildman–Crippen MR) is 71.8 cm³/mol. The van der Waals surface area contributed by atoms with Crippen molar-refractivity contribution in [3.8, 4) is 0 Å². The highest BCUT2D eigenvalue weighted by Crippen LogP contribution is 2.30. The van der Waals surface area contributed by atoms with E-state index < -0.39 is 22.3 Å². The van der Waals surface area contributed by atoms with Crippen molar-refractivity contribution in [1.82, 2.24) is 4.90 Å². The number of nitrogens with two attached hydrogens (primary N) is 1. The number of anilines is 1. The van der Waals surface area contributed by atoms with Crippen LogP contribution in [0.4, 0.5) is 15.8 Å². The van der Waals surface area contributed by atoms with Gasteiger partial charge in [-0.1, -0.05) is 6.92 Å². The molecule has 1 amide bonds. The second-order valence-corrected chi connectivity index (χ2v) is 4.85. The largest absolute Gasteiger partial charge is 0.393 e. The van der Waals surface area contributed by atoms with Crippen molar-refractivity contribution in [2.45, 2.75) is 32.2 Å². The Bertz CT molecular complexity index is 562. The number of nitrogen functional groups attached to an aromatic ring is 1. The zero-order chi connectivity index (χ0) is 14.9. The predicted octanol–water partition coefficient (Wildman–Crippen LogP) is 2.33. The van der Waals surface area contributed by atoms with E-state index in [4.69, 9.17) is 5.73 Å². The lowest BCUT2D eigenvalue weighted by molar-refractivity contribution is -0.384. The Morgan fingerprint density at radius 2 is 2.30 bits per heavy atom. The van der Waals surface area contributed by atoms with Crippen molar-refractivity contribution in [3.05, 3.63) is 33.6 Å². The fraction of sp³-hybridized carbons (Fsp3) is 0.462. The molecular weight excluding hydrogens is 265 g/mol. The van der Waals surface area contributed by atoms with E-state index in [2.05, 4.69) is 0 Å². The third kappa shape index (κ3) is 2.43. The molecule has 1 saturated heterocycles. The van der Waals surface area contributed by atoms with Gasteiger partial charge in [0.05, 0.1) is 16.6 Å². The lowest BCUT2D eigenvalue weighted by Crippen LogP contribution is -2.35. The maximum atomic E-state index is 13.5. The molecule has 2 rings (SSSR count). The van der Waals surface area contributed by atoms with Gasteiger partial charge in [0.25, 0.3) is 11.6 Å². The van der Waals surface area contributed by atoms with E-state index >= 15 is 0 Å². The number of nitro groups is 1. The molecule has 6 nitrogen and oxygen atoms in total. The Labute approximate surface area is 115 Å². The molecule has 1 fully saturated rings. The number of nitro benzene ring substituents is 1. The van der Waals surface area contributed by atoms with Gasteiger partial charge in [-0.25, -0.2) is 4.39 Å². The average Bonchev–Trinajstić information content (AvgIpc) is 2.88. The molecule has 0 aliphatic carbocycles. The van der Waals surface area contributed by atoms with Crippen LogP contribution in [0.15, 0.2) is 12.1 Å². The summed E-state index contributed by atoms with van der Waals surface area (Å²) in [6.45, 7) is 2.54. The molecule has 0 aromatic heterocycles. The number of rotatable bonds is 3. The highest BCUT2D eigenvalue weighted by molar-refractivity contribution is 6.01. The van der Waals surface area contributed by atoms with Gasteiger partial charge in [-0.15, -0.1) is 0 Å². The van der Waals surface area contributed by atoms with Gasteiger partial charge in [0, 0.05) is 12.6 Å². The monoisotopic (exact) mass is 281 g/mol. The van der Waals surface area contributed by atoms with Gasteiger partial charge in [0.15, 0.2) is 0 Å². The normalized spacial score (nSPS) is 18.3. The number of hydrogen-bond donors (Lipinski definition) is 1. The molecule has 0 spiro atoms. The van der Waals surface area contributed by atoms with Crippen molar-refractivity contribution < 1.29 is 14.1 Å². The first kappa shape index (κ1) is 14.2. The molecule has 1 aromatic carbocycles. The van der Waals surface area contributed by atoms with Gasteiger partial charge in [-0.3, -0.25) is 14.9 Å². The van der Waals surface area contributed by atoms with Crippen LogP contribution in [0.3, 0.4) is 0 Å². The summed E-state index contributed by atoms with van der Waals surface area (Å²) >= 11 is 0. The Morgan fingerprint density at radius 3 is 2.90 bits per heavy atom. The number of halogens is 1. The van der Waals surface area contributed by atoms with Crippen LogP contribution in [0.1, 0.15) is 36.5 Å². The second-order valence-electron chi connectivity index (χ2n) is 4.85. The highest BCUT2D eigenvalue weighted by atomic mass is 19.1. The number of carbonyl (C=O) groups excluding carboxylic acids is 1.